The molecule has 1 heterocycles. The monoisotopic (exact) mass is 254 g/mol. The number of thioether (sulfide) groups is 1. The smallest absolute Gasteiger partial charge is 0.146 e. The maximum absolute atomic E-state index is 14.0. The fourth-order valence-electron chi connectivity index (χ4n) is 2.10. The molecule has 0 saturated carbocycles. The van der Waals surface area contributed by atoms with Crippen molar-refractivity contribution in [2.24, 2.45) is 0 Å². The van der Waals surface area contributed by atoms with Crippen molar-refractivity contribution in [3.63, 3.8) is 0 Å². The van der Waals surface area contributed by atoms with Crippen LogP contribution in [0.2, 0.25) is 0 Å². The van der Waals surface area contributed by atoms with E-state index < -0.39 is 0 Å². The summed E-state index contributed by atoms with van der Waals surface area (Å²) in [6.45, 7) is 5.62. The molecule has 1 aromatic carbocycles. The fourth-order valence-corrected chi connectivity index (χ4v) is 3.01. The van der Waals surface area contributed by atoms with Crippen LogP contribution < -0.4 is 10.2 Å². The van der Waals surface area contributed by atoms with Crippen molar-refractivity contribution in [1.82, 2.24) is 5.32 Å². The third kappa shape index (κ3) is 3.13. The van der Waals surface area contributed by atoms with Gasteiger partial charge in [-0.1, -0.05) is 19.1 Å². The first kappa shape index (κ1) is 12.7. The third-order valence-corrected chi connectivity index (χ3v) is 3.91. The Morgan fingerprint density at radius 3 is 2.82 bits per heavy atom. The van der Waals surface area contributed by atoms with Crippen LogP contribution in [0.15, 0.2) is 18.2 Å². The quantitative estimate of drug-likeness (QED) is 0.888. The summed E-state index contributed by atoms with van der Waals surface area (Å²) in [4.78, 5) is 2.18. The molecule has 0 atom stereocenters. The van der Waals surface area contributed by atoms with E-state index in [4.69, 9.17) is 0 Å². The van der Waals surface area contributed by atoms with Crippen LogP contribution in [-0.4, -0.2) is 31.1 Å². The second kappa shape index (κ2) is 6.26. The topological polar surface area (TPSA) is 15.3 Å². The largest absolute Gasteiger partial charge is 0.367 e. The predicted octanol–water partition coefficient (Wildman–Crippen LogP) is 2.49. The van der Waals surface area contributed by atoms with Crippen LogP contribution in [0.5, 0.6) is 0 Å². The van der Waals surface area contributed by atoms with Gasteiger partial charge in [-0.3, -0.25) is 0 Å². The molecular weight excluding hydrogens is 235 g/mol. The van der Waals surface area contributed by atoms with Crippen molar-refractivity contribution in [3.05, 3.63) is 29.6 Å². The van der Waals surface area contributed by atoms with E-state index in [1.54, 1.807) is 12.1 Å². The molecular formula is C13H19FN2S. The molecule has 0 aliphatic carbocycles. The number of nitrogens with one attached hydrogen (secondary N) is 1. The van der Waals surface area contributed by atoms with Gasteiger partial charge in [-0.15, -0.1) is 0 Å². The van der Waals surface area contributed by atoms with Gasteiger partial charge in [0.25, 0.3) is 0 Å². The first-order valence-electron chi connectivity index (χ1n) is 6.13. The molecule has 1 aromatic rings. The number of halogens is 1. The Hall–Kier alpha value is -0.740. The lowest BCUT2D eigenvalue weighted by Crippen LogP contribution is -2.34. The molecule has 1 aliphatic rings. The van der Waals surface area contributed by atoms with Crippen molar-refractivity contribution in [1.29, 1.82) is 0 Å². The van der Waals surface area contributed by atoms with E-state index in [1.165, 1.54) is 0 Å². The highest BCUT2D eigenvalue weighted by Gasteiger charge is 2.18. The summed E-state index contributed by atoms with van der Waals surface area (Å²) < 4.78 is 14.0. The summed E-state index contributed by atoms with van der Waals surface area (Å²) in [5.41, 5.74) is 1.87. The molecule has 0 bridgehead atoms. The van der Waals surface area contributed by atoms with Crippen LogP contribution in [0.4, 0.5) is 10.1 Å². The number of hydrogen-bond donors (Lipinski definition) is 1. The van der Waals surface area contributed by atoms with Gasteiger partial charge in [-0.2, -0.15) is 11.8 Å². The van der Waals surface area contributed by atoms with Crippen molar-refractivity contribution < 1.29 is 4.39 Å². The highest BCUT2D eigenvalue weighted by molar-refractivity contribution is 7.99. The lowest BCUT2D eigenvalue weighted by atomic mass is 10.1. The maximum atomic E-state index is 14.0. The van der Waals surface area contributed by atoms with Crippen molar-refractivity contribution in [2.45, 2.75) is 13.5 Å². The Morgan fingerprint density at radius 2 is 2.12 bits per heavy atom. The van der Waals surface area contributed by atoms with Gasteiger partial charge in [0.1, 0.15) is 5.82 Å². The molecule has 1 saturated heterocycles. The van der Waals surface area contributed by atoms with Gasteiger partial charge >= 0.3 is 0 Å². The first-order chi connectivity index (χ1) is 8.33. The summed E-state index contributed by atoms with van der Waals surface area (Å²) in [5.74, 6) is 2.09. The summed E-state index contributed by atoms with van der Waals surface area (Å²) in [7, 11) is 0. The van der Waals surface area contributed by atoms with Crippen LogP contribution in [0, 0.1) is 5.82 Å². The van der Waals surface area contributed by atoms with Crippen molar-refractivity contribution >= 4 is 17.4 Å². The van der Waals surface area contributed by atoms with Crippen molar-refractivity contribution in [3.8, 4) is 0 Å². The Balaban J connectivity index is 2.22. The number of nitrogens with zero attached hydrogens (tertiary/aromatic N) is 1. The number of anilines is 1. The van der Waals surface area contributed by atoms with Gasteiger partial charge in [0.2, 0.25) is 0 Å². The minimum Gasteiger partial charge on any atom is -0.367 e. The molecule has 94 valence electrons. The van der Waals surface area contributed by atoms with Crippen LogP contribution in [-0.2, 0) is 6.54 Å². The first-order valence-corrected chi connectivity index (χ1v) is 7.29. The molecule has 0 aromatic heterocycles. The van der Waals surface area contributed by atoms with Gasteiger partial charge in [-0.05, 0) is 18.2 Å². The third-order valence-electron chi connectivity index (χ3n) is 2.96. The molecule has 1 fully saturated rings. The lowest BCUT2D eigenvalue weighted by molar-refractivity contribution is 0.613. The molecule has 0 amide bonds. The average molecular weight is 254 g/mol. The number of hydrogen-bond acceptors (Lipinski definition) is 3. The van der Waals surface area contributed by atoms with Crippen LogP contribution in [0.25, 0.3) is 0 Å². The zero-order chi connectivity index (χ0) is 12.1. The molecule has 17 heavy (non-hydrogen) atoms. The van der Waals surface area contributed by atoms with E-state index in [9.17, 15) is 4.39 Å². The molecule has 0 unspecified atom stereocenters. The van der Waals surface area contributed by atoms with Crippen LogP contribution in [0.1, 0.15) is 12.5 Å². The number of benzene rings is 1. The zero-order valence-corrected chi connectivity index (χ0v) is 11.0. The second-order valence-corrected chi connectivity index (χ2v) is 5.35. The number of rotatable bonds is 4. The van der Waals surface area contributed by atoms with Crippen LogP contribution >= 0.6 is 11.8 Å². The van der Waals surface area contributed by atoms with Gasteiger partial charge in [0, 0.05) is 31.1 Å². The Labute approximate surface area is 107 Å². The van der Waals surface area contributed by atoms with Crippen molar-refractivity contribution in [2.75, 3.05) is 36.0 Å². The highest BCUT2D eigenvalue weighted by Crippen LogP contribution is 2.27. The minimum absolute atomic E-state index is 0.0905. The lowest BCUT2D eigenvalue weighted by Gasteiger charge is -2.30. The highest BCUT2D eigenvalue weighted by atomic mass is 32.2. The average Bonchev–Trinajstić information content (AvgIpc) is 2.37. The van der Waals surface area contributed by atoms with E-state index in [1.807, 2.05) is 17.8 Å². The molecule has 2 rings (SSSR count). The second-order valence-electron chi connectivity index (χ2n) is 4.13. The summed E-state index contributed by atoms with van der Waals surface area (Å²) in [5, 5.41) is 3.27. The molecule has 0 spiro atoms. The maximum Gasteiger partial charge on any atom is 0.146 e. The molecule has 1 aliphatic heterocycles. The summed E-state index contributed by atoms with van der Waals surface area (Å²) in [6.07, 6.45) is 0. The summed E-state index contributed by atoms with van der Waals surface area (Å²) in [6, 6.07) is 5.37. The summed E-state index contributed by atoms with van der Waals surface area (Å²) >= 11 is 1.94. The molecule has 1 N–H and O–H groups in total. The Bertz CT molecular complexity index is 364. The Morgan fingerprint density at radius 1 is 1.35 bits per heavy atom. The SMILES string of the molecule is CCNCc1cccc(F)c1N1CCSCC1. The predicted molar refractivity (Wildman–Crippen MR) is 73.3 cm³/mol. The van der Waals surface area contributed by atoms with E-state index in [0.717, 1.165) is 48.9 Å². The van der Waals surface area contributed by atoms with E-state index in [2.05, 4.69) is 17.1 Å². The number of para-hydroxylation sites is 1. The van der Waals surface area contributed by atoms with Gasteiger partial charge in [0.15, 0.2) is 0 Å². The fraction of sp³-hybridized carbons (Fsp3) is 0.538. The van der Waals surface area contributed by atoms with E-state index in [-0.39, 0.29) is 5.82 Å². The normalized spacial score (nSPS) is 16.2. The van der Waals surface area contributed by atoms with E-state index in [0.29, 0.717) is 0 Å². The Kier molecular flexibility index (Phi) is 4.68. The van der Waals surface area contributed by atoms with Gasteiger partial charge < -0.3 is 10.2 Å². The van der Waals surface area contributed by atoms with E-state index >= 15 is 0 Å². The van der Waals surface area contributed by atoms with Gasteiger partial charge in [-0.25, -0.2) is 4.39 Å². The van der Waals surface area contributed by atoms with Crippen LogP contribution in [0.3, 0.4) is 0 Å². The minimum atomic E-state index is -0.0905. The molecule has 0 radical (unpaired) electrons. The standard InChI is InChI=1S/C13H19FN2S/c1-2-15-10-11-4-3-5-12(14)13(11)16-6-8-17-9-7-16/h3-5,15H,2,6-10H2,1H3. The zero-order valence-electron chi connectivity index (χ0n) is 10.2. The molecule has 4 heteroatoms. The van der Waals surface area contributed by atoms with Gasteiger partial charge in [0.05, 0.1) is 5.69 Å². The molecule has 2 nitrogen and oxygen atoms in total.